The fourth-order valence-electron chi connectivity index (χ4n) is 2.60. The summed E-state index contributed by atoms with van der Waals surface area (Å²) >= 11 is 0. The lowest BCUT2D eigenvalue weighted by atomic mass is 10.1. The van der Waals surface area contributed by atoms with Crippen molar-refractivity contribution in [2.45, 2.75) is 6.92 Å². The summed E-state index contributed by atoms with van der Waals surface area (Å²) in [5.74, 6) is -2.00. The summed E-state index contributed by atoms with van der Waals surface area (Å²) < 4.78 is 36.8. The molecule has 0 saturated carbocycles. The van der Waals surface area contributed by atoms with Crippen molar-refractivity contribution < 1.29 is 23.0 Å². The highest BCUT2D eigenvalue weighted by Crippen LogP contribution is 2.32. The first-order valence-corrected chi connectivity index (χ1v) is 7.90. The van der Waals surface area contributed by atoms with Crippen LogP contribution in [0.3, 0.4) is 0 Å². The number of H-pyrrole nitrogens is 1. The van der Waals surface area contributed by atoms with E-state index in [1.807, 2.05) is 0 Å². The topological polar surface area (TPSA) is 64.2 Å². The smallest absolute Gasteiger partial charge is 0.341 e. The van der Waals surface area contributed by atoms with Gasteiger partial charge in [0.1, 0.15) is 11.3 Å². The number of benzene rings is 2. The quantitative estimate of drug-likeness (QED) is 0.695. The molecule has 0 spiro atoms. The van der Waals surface area contributed by atoms with Crippen LogP contribution in [-0.2, 0) is 4.74 Å². The molecular weight excluding hydrogens is 342 g/mol. The van der Waals surface area contributed by atoms with E-state index in [-0.39, 0.29) is 12.2 Å². The molecule has 134 valence electrons. The highest BCUT2D eigenvalue weighted by molar-refractivity contribution is 6.03. The SMILES string of the molecule is CCOC(=O)c1ccc2n[nH]c(C=Cc3ccc(F)c(F)c3)c2c1OC. The average molecular weight is 358 g/mol. The van der Waals surface area contributed by atoms with Gasteiger partial charge in [-0.3, -0.25) is 5.10 Å². The lowest BCUT2D eigenvalue weighted by Gasteiger charge is -2.09. The van der Waals surface area contributed by atoms with Crippen molar-refractivity contribution in [3.63, 3.8) is 0 Å². The van der Waals surface area contributed by atoms with Crippen LogP contribution in [0.2, 0.25) is 0 Å². The Morgan fingerprint density at radius 2 is 2.00 bits per heavy atom. The second kappa shape index (κ2) is 7.35. The molecule has 0 amide bonds. The normalized spacial score (nSPS) is 11.2. The molecule has 1 heterocycles. The van der Waals surface area contributed by atoms with Crippen LogP contribution in [0.25, 0.3) is 23.1 Å². The third kappa shape index (κ3) is 3.28. The number of esters is 1. The van der Waals surface area contributed by atoms with E-state index >= 15 is 0 Å². The molecule has 5 nitrogen and oxygen atoms in total. The van der Waals surface area contributed by atoms with Crippen LogP contribution in [0.4, 0.5) is 8.78 Å². The zero-order chi connectivity index (χ0) is 18.7. The van der Waals surface area contributed by atoms with Crippen molar-refractivity contribution >= 4 is 29.0 Å². The summed E-state index contributed by atoms with van der Waals surface area (Å²) in [7, 11) is 1.45. The van der Waals surface area contributed by atoms with Gasteiger partial charge in [-0.2, -0.15) is 5.10 Å². The Morgan fingerprint density at radius 3 is 2.69 bits per heavy atom. The minimum absolute atomic E-state index is 0.244. The highest BCUT2D eigenvalue weighted by Gasteiger charge is 2.19. The summed E-state index contributed by atoms with van der Waals surface area (Å²) in [6.45, 7) is 1.96. The van der Waals surface area contributed by atoms with Crippen molar-refractivity contribution in [1.29, 1.82) is 0 Å². The fraction of sp³-hybridized carbons (Fsp3) is 0.158. The molecule has 0 aliphatic heterocycles. The number of halogens is 2. The van der Waals surface area contributed by atoms with Gasteiger partial charge in [0.05, 0.1) is 30.3 Å². The standard InChI is InChI=1S/C19H16F2N2O3/c1-3-26-19(24)12-6-9-16-17(18(12)25-2)15(22-23-16)8-5-11-4-7-13(20)14(21)10-11/h4-10H,3H2,1-2H3,(H,22,23). The fourth-order valence-corrected chi connectivity index (χ4v) is 2.60. The largest absolute Gasteiger partial charge is 0.495 e. The number of fused-ring (bicyclic) bond motifs is 1. The molecule has 1 aromatic heterocycles. The first-order chi connectivity index (χ1) is 12.5. The molecule has 0 aliphatic rings. The number of aromatic nitrogens is 2. The summed E-state index contributed by atoms with van der Waals surface area (Å²) in [6.07, 6.45) is 3.26. The number of nitrogens with one attached hydrogen (secondary N) is 1. The van der Waals surface area contributed by atoms with Gasteiger partial charge in [-0.15, -0.1) is 0 Å². The van der Waals surface area contributed by atoms with Crippen molar-refractivity contribution in [1.82, 2.24) is 10.2 Å². The number of rotatable bonds is 5. The number of hydrogen-bond acceptors (Lipinski definition) is 4. The number of ether oxygens (including phenoxy) is 2. The highest BCUT2D eigenvalue weighted by atomic mass is 19.2. The van der Waals surface area contributed by atoms with E-state index < -0.39 is 17.6 Å². The molecule has 0 atom stereocenters. The zero-order valence-corrected chi connectivity index (χ0v) is 14.2. The van der Waals surface area contributed by atoms with E-state index in [1.54, 1.807) is 31.2 Å². The Balaban J connectivity index is 2.06. The first kappa shape index (κ1) is 17.6. The molecule has 0 unspecified atom stereocenters. The molecule has 0 saturated heterocycles. The van der Waals surface area contributed by atoms with Crippen LogP contribution in [0, 0.1) is 11.6 Å². The molecular formula is C19H16F2N2O3. The Hall–Kier alpha value is -3.22. The maximum atomic E-state index is 13.3. The maximum Gasteiger partial charge on any atom is 0.341 e. The van der Waals surface area contributed by atoms with Crippen LogP contribution in [0.1, 0.15) is 28.5 Å². The third-order valence-electron chi connectivity index (χ3n) is 3.79. The maximum absolute atomic E-state index is 13.3. The molecule has 0 aliphatic carbocycles. The summed E-state index contributed by atoms with van der Waals surface area (Å²) in [5.41, 5.74) is 1.92. The van der Waals surface area contributed by atoms with Crippen molar-refractivity contribution in [2.24, 2.45) is 0 Å². The van der Waals surface area contributed by atoms with Crippen LogP contribution < -0.4 is 4.74 Å². The lowest BCUT2D eigenvalue weighted by Crippen LogP contribution is -2.07. The minimum Gasteiger partial charge on any atom is -0.495 e. The second-order valence-electron chi connectivity index (χ2n) is 5.41. The Morgan fingerprint density at radius 1 is 1.19 bits per heavy atom. The summed E-state index contributed by atoms with van der Waals surface area (Å²) in [4.78, 5) is 12.1. The minimum atomic E-state index is -0.927. The van der Waals surface area contributed by atoms with Gasteiger partial charge in [-0.05, 0) is 42.8 Å². The Labute approximate surface area is 148 Å². The number of carbonyl (C=O) groups is 1. The predicted octanol–water partition coefficient (Wildman–Crippen LogP) is 4.20. The van der Waals surface area contributed by atoms with E-state index in [2.05, 4.69) is 10.2 Å². The average Bonchev–Trinajstić information content (AvgIpc) is 3.05. The van der Waals surface area contributed by atoms with Gasteiger partial charge in [-0.25, -0.2) is 13.6 Å². The van der Waals surface area contributed by atoms with E-state index in [4.69, 9.17) is 9.47 Å². The van der Waals surface area contributed by atoms with Crippen LogP contribution >= 0.6 is 0 Å². The van der Waals surface area contributed by atoms with Gasteiger partial charge < -0.3 is 9.47 Å². The monoisotopic (exact) mass is 358 g/mol. The molecule has 26 heavy (non-hydrogen) atoms. The first-order valence-electron chi connectivity index (χ1n) is 7.90. The molecule has 0 fully saturated rings. The number of methoxy groups -OCH3 is 1. The second-order valence-corrected chi connectivity index (χ2v) is 5.41. The van der Waals surface area contributed by atoms with Crippen molar-refractivity contribution in [3.8, 4) is 5.75 Å². The number of carbonyl (C=O) groups excluding carboxylic acids is 1. The number of hydrogen-bond donors (Lipinski definition) is 1. The zero-order valence-electron chi connectivity index (χ0n) is 14.2. The predicted molar refractivity (Wildman–Crippen MR) is 93.9 cm³/mol. The van der Waals surface area contributed by atoms with Gasteiger partial charge in [0, 0.05) is 0 Å². The number of aromatic amines is 1. The van der Waals surface area contributed by atoms with Crippen LogP contribution in [0.15, 0.2) is 30.3 Å². The van der Waals surface area contributed by atoms with Crippen molar-refractivity contribution in [2.75, 3.05) is 13.7 Å². The number of nitrogens with zero attached hydrogens (tertiary/aromatic N) is 1. The van der Waals surface area contributed by atoms with Crippen molar-refractivity contribution in [3.05, 3.63) is 58.8 Å². The molecule has 0 bridgehead atoms. The van der Waals surface area contributed by atoms with E-state index in [1.165, 1.54) is 13.2 Å². The molecule has 7 heteroatoms. The summed E-state index contributed by atoms with van der Waals surface area (Å²) in [5, 5.41) is 7.62. The third-order valence-corrected chi connectivity index (χ3v) is 3.79. The molecule has 2 aromatic carbocycles. The van der Waals surface area contributed by atoms with E-state index in [9.17, 15) is 13.6 Å². The lowest BCUT2D eigenvalue weighted by molar-refractivity contribution is 0.0523. The van der Waals surface area contributed by atoms with E-state index in [0.717, 1.165) is 12.1 Å². The van der Waals surface area contributed by atoms with Gasteiger partial charge in [0.15, 0.2) is 11.6 Å². The summed E-state index contributed by atoms with van der Waals surface area (Å²) in [6, 6.07) is 6.86. The van der Waals surface area contributed by atoms with Gasteiger partial charge in [-0.1, -0.05) is 12.1 Å². The van der Waals surface area contributed by atoms with Gasteiger partial charge in [0.25, 0.3) is 0 Å². The molecule has 3 aromatic rings. The van der Waals surface area contributed by atoms with E-state index in [0.29, 0.717) is 27.9 Å². The van der Waals surface area contributed by atoms with Crippen LogP contribution in [-0.4, -0.2) is 29.9 Å². The van der Waals surface area contributed by atoms with Gasteiger partial charge >= 0.3 is 5.97 Å². The Kier molecular flexibility index (Phi) is 4.97. The molecule has 3 rings (SSSR count). The Bertz CT molecular complexity index is 996. The molecule has 0 radical (unpaired) electrons. The van der Waals surface area contributed by atoms with Crippen LogP contribution in [0.5, 0.6) is 5.75 Å². The molecule has 1 N–H and O–H groups in total. The van der Waals surface area contributed by atoms with Gasteiger partial charge in [0.2, 0.25) is 0 Å².